The zero-order chi connectivity index (χ0) is 11.7. The van der Waals surface area contributed by atoms with E-state index in [1.165, 1.54) is 0 Å². The molecule has 1 saturated carbocycles. The lowest BCUT2D eigenvalue weighted by atomic mass is 9.62. The number of alkyl halides is 3. The molecule has 1 fully saturated rings. The van der Waals surface area contributed by atoms with Crippen LogP contribution in [0.4, 0.5) is 13.2 Å². The maximum Gasteiger partial charge on any atom is 0.405 e. The van der Waals surface area contributed by atoms with Crippen molar-refractivity contribution in [3.05, 3.63) is 0 Å². The Morgan fingerprint density at radius 2 is 2.07 bits per heavy atom. The molecule has 1 rings (SSSR count). The van der Waals surface area contributed by atoms with Gasteiger partial charge in [0.2, 0.25) is 5.91 Å². The van der Waals surface area contributed by atoms with Crippen molar-refractivity contribution in [1.82, 2.24) is 5.32 Å². The fourth-order valence-corrected chi connectivity index (χ4v) is 2.09. The molecule has 3 nitrogen and oxygen atoms in total. The third-order valence-corrected chi connectivity index (χ3v) is 2.80. The molecule has 0 heterocycles. The lowest BCUT2D eigenvalue weighted by Gasteiger charge is -2.44. The lowest BCUT2D eigenvalue weighted by molar-refractivity contribution is -0.149. The van der Waals surface area contributed by atoms with Crippen LogP contribution in [0.5, 0.6) is 0 Å². The summed E-state index contributed by atoms with van der Waals surface area (Å²) in [4.78, 5) is 11.5. The first-order valence-corrected chi connectivity index (χ1v) is 4.84. The number of carbonyl (C=O) groups excluding carboxylic acids is 1. The number of nitrogens with one attached hydrogen (secondary N) is 1. The smallest absolute Gasteiger partial charge is 0.346 e. The summed E-state index contributed by atoms with van der Waals surface area (Å²) in [6.45, 7) is 0.786. The van der Waals surface area contributed by atoms with Gasteiger partial charge in [-0.25, -0.2) is 0 Å². The normalized spacial score (nSPS) is 30.9. The van der Waals surface area contributed by atoms with Crippen molar-refractivity contribution < 1.29 is 18.0 Å². The maximum absolute atomic E-state index is 11.9. The molecule has 0 aromatic rings. The van der Waals surface area contributed by atoms with Crippen LogP contribution in [0.15, 0.2) is 0 Å². The topological polar surface area (TPSA) is 55.1 Å². The number of rotatable bonds is 3. The number of hydrogen-bond acceptors (Lipinski definition) is 2. The molecule has 0 bridgehead atoms. The molecule has 88 valence electrons. The third kappa shape index (κ3) is 2.84. The van der Waals surface area contributed by atoms with Crippen molar-refractivity contribution >= 4 is 5.91 Å². The molecule has 0 aromatic carbocycles. The van der Waals surface area contributed by atoms with E-state index in [1.807, 2.05) is 12.2 Å². The van der Waals surface area contributed by atoms with Gasteiger partial charge in [-0.15, -0.1) is 0 Å². The number of carbonyl (C=O) groups is 1. The maximum atomic E-state index is 11.9. The van der Waals surface area contributed by atoms with Gasteiger partial charge in [0.05, 0.1) is 5.41 Å². The van der Waals surface area contributed by atoms with Gasteiger partial charge in [-0.1, -0.05) is 6.92 Å². The first kappa shape index (κ1) is 12.3. The molecule has 3 N–H and O–H groups in total. The van der Waals surface area contributed by atoms with Crippen molar-refractivity contribution in [1.29, 1.82) is 0 Å². The van der Waals surface area contributed by atoms with Gasteiger partial charge >= 0.3 is 6.18 Å². The van der Waals surface area contributed by atoms with E-state index in [0.29, 0.717) is 18.8 Å². The van der Waals surface area contributed by atoms with E-state index in [0.717, 1.165) is 0 Å². The van der Waals surface area contributed by atoms with Crippen LogP contribution in [0.25, 0.3) is 0 Å². The van der Waals surface area contributed by atoms with E-state index < -0.39 is 24.0 Å². The third-order valence-electron chi connectivity index (χ3n) is 2.80. The second-order valence-corrected chi connectivity index (χ2v) is 4.30. The highest BCUT2D eigenvalue weighted by Gasteiger charge is 2.47. The van der Waals surface area contributed by atoms with E-state index >= 15 is 0 Å². The summed E-state index contributed by atoms with van der Waals surface area (Å²) in [7, 11) is 0. The van der Waals surface area contributed by atoms with Gasteiger partial charge in [-0.2, -0.15) is 13.2 Å². The molecule has 0 aromatic heterocycles. The standard InChI is InChI=1S/C9H15F3N2O/c1-6-2-8(3-6,4-13)7(15)14-5-9(10,11)12/h6H,2-5,13H2,1H3,(H,14,15). The predicted octanol–water partition coefficient (Wildman–Crippen LogP) is 1.04. The molecule has 1 aliphatic carbocycles. The van der Waals surface area contributed by atoms with E-state index in [1.54, 1.807) is 0 Å². The largest absolute Gasteiger partial charge is 0.405 e. The van der Waals surface area contributed by atoms with Gasteiger partial charge in [0.25, 0.3) is 0 Å². The van der Waals surface area contributed by atoms with Crippen molar-refractivity contribution in [2.45, 2.75) is 25.9 Å². The Labute approximate surface area is 86.2 Å². The van der Waals surface area contributed by atoms with Crippen LogP contribution < -0.4 is 11.1 Å². The van der Waals surface area contributed by atoms with E-state index in [-0.39, 0.29) is 6.54 Å². The fourth-order valence-electron chi connectivity index (χ4n) is 2.09. The van der Waals surface area contributed by atoms with Gasteiger partial charge in [-0.05, 0) is 18.8 Å². The summed E-state index contributed by atoms with van der Waals surface area (Å²) in [5, 5.41) is 1.89. The van der Waals surface area contributed by atoms with Crippen LogP contribution in [-0.4, -0.2) is 25.2 Å². The summed E-state index contributed by atoms with van der Waals surface area (Å²) in [6, 6.07) is 0. The minimum atomic E-state index is -4.36. The second kappa shape index (κ2) is 4.00. The summed E-state index contributed by atoms with van der Waals surface area (Å²) in [6.07, 6.45) is -3.21. The molecule has 1 aliphatic rings. The average molecular weight is 224 g/mol. The molecule has 0 saturated heterocycles. The molecular formula is C9H15F3N2O. The second-order valence-electron chi connectivity index (χ2n) is 4.30. The SMILES string of the molecule is CC1CC(CN)(C(=O)NCC(F)(F)F)C1. The summed E-state index contributed by atoms with van der Waals surface area (Å²) >= 11 is 0. The van der Waals surface area contributed by atoms with Crippen molar-refractivity contribution in [3.63, 3.8) is 0 Å². The highest BCUT2D eigenvalue weighted by molar-refractivity contribution is 5.84. The van der Waals surface area contributed by atoms with E-state index in [9.17, 15) is 18.0 Å². The first-order valence-electron chi connectivity index (χ1n) is 4.84. The van der Waals surface area contributed by atoms with Crippen LogP contribution in [0.3, 0.4) is 0 Å². The molecule has 15 heavy (non-hydrogen) atoms. The molecule has 6 heteroatoms. The summed E-state index contributed by atoms with van der Waals surface area (Å²) in [5.74, 6) is -0.203. The highest BCUT2D eigenvalue weighted by Crippen LogP contribution is 2.44. The van der Waals surface area contributed by atoms with Gasteiger partial charge in [-0.3, -0.25) is 4.79 Å². The summed E-state index contributed by atoms with van der Waals surface area (Å²) in [5.41, 5.74) is 4.67. The zero-order valence-corrected chi connectivity index (χ0v) is 8.53. The molecule has 0 atom stereocenters. The highest BCUT2D eigenvalue weighted by atomic mass is 19.4. The van der Waals surface area contributed by atoms with Crippen LogP contribution in [0, 0.1) is 11.3 Å². The molecule has 1 amide bonds. The average Bonchev–Trinajstić information content (AvgIpc) is 2.07. The molecule has 0 radical (unpaired) electrons. The van der Waals surface area contributed by atoms with Gasteiger partial charge in [0, 0.05) is 6.54 Å². The Morgan fingerprint density at radius 1 is 1.53 bits per heavy atom. The zero-order valence-electron chi connectivity index (χ0n) is 8.53. The van der Waals surface area contributed by atoms with Gasteiger partial charge < -0.3 is 11.1 Å². The van der Waals surface area contributed by atoms with Crippen molar-refractivity contribution in [3.8, 4) is 0 Å². The number of hydrogen-bond donors (Lipinski definition) is 2. The van der Waals surface area contributed by atoms with E-state index in [4.69, 9.17) is 5.73 Å². The fraction of sp³-hybridized carbons (Fsp3) is 0.889. The molecule has 0 spiro atoms. The quantitative estimate of drug-likeness (QED) is 0.752. The van der Waals surface area contributed by atoms with Crippen LogP contribution in [0.1, 0.15) is 19.8 Å². The van der Waals surface area contributed by atoms with Crippen molar-refractivity contribution in [2.24, 2.45) is 17.1 Å². The minimum Gasteiger partial charge on any atom is -0.346 e. The Kier molecular flexibility index (Phi) is 3.28. The van der Waals surface area contributed by atoms with Crippen LogP contribution in [-0.2, 0) is 4.79 Å². The Bertz CT molecular complexity index is 246. The molecule has 0 unspecified atom stereocenters. The van der Waals surface area contributed by atoms with Crippen LogP contribution in [0.2, 0.25) is 0 Å². The number of halogens is 3. The van der Waals surface area contributed by atoms with Gasteiger partial charge in [0.1, 0.15) is 6.54 Å². The number of nitrogens with two attached hydrogens (primary N) is 1. The number of amides is 1. The molecular weight excluding hydrogens is 209 g/mol. The van der Waals surface area contributed by atoms with Gasteiger partial charge in [0.15, 0.2) is 0 Å². The first-order chi connectivity index (χ1) is 6.79. The van der Waals surface area contributed by atoms with E-state index in [2.05, 4.69) is 0 Å². The Morgan fingerprint density at radius 3 is 2.40 bits per heavy atom. The summed E-state index contributed by atoms with van der Waals surface area (Å²) < 4.78 is 35.6. The lowest BCUT2D eigenvalue weighted by Crippen LogP contribution is -2.54. The molecule has 0 aliphatic heterocycles. The van der Waals surface area contributed by atoms with Crippen LogP contribution >= 0.6 is 0 Å². The Balaban J connectivity index is 2.46. The predicted molar refractivity (Wildman–Crippen MR) is 49.0 cm³/mol. The van der Waals surface area contributed by atoms with Crippen molar-refractivity contribution in [2.75, 3.05) is 13.1 Å². The Hall–Kier alpha value is -0.780. The minimum absolute atomic E-state index is 0.112. The monoisotopic (exact) mass is 224 g/mol.